The van der Waals surface area contributed by atoms with Crippen LogP contribution in [0, 0.1) is 19.3 Å². The number of benzene rings is 1. The summed E-state index contributed by atoms with van der Waals surface area (Å²) in [4.78, 5) is 0. The molecule has 0 aromatic heterocycles. The fraction of sp³-hybridized carbons (Fsp3) is 0.500. The Bertz CT molecular complexity index is 437. The first-order chi connectivity index (χ1) is 9.15. The quantitative estimate of drug-likeness (QED) is 0.740. The summed E-state index contributed by atoms with van der Waals surface area (Å²) in [7, 11) is 1.68. The molecule has 19 heavy (non-hydrogen) atoms. The smallest absolute Gasteiger partial charge is 0.121 e. The molecular formula is C16H24N2O. The number of rotatable bonds is 7. The van der Waals surface area contributed by atoms with Gasteiger partial charge in [-0.2, -0.15) is 0 Å². The molecule has 0 bridgehead atoms. The van der Waals surface area contributed by atoms with Gasteiger partial charge in [0, 0.05) is 12.6 Å². The van der Waals surface area contributed by atoms with E-state index in [9.17, 15) is 0 Å². The number of nitrogens with one attached hydrogen (secondary N) is 1. The Labute approximate surface area is 116 Å². The minimum atomic E-state index is 0.0703. The molecule has 3 N–H and O–H groups in total. The summed E-state index contributed by atoms with van der Waals surface area (Å²) in [5, 5.41) is 3.43. The zero-order valence-electron chi connectivity index (χ0n) is 12.1. The first-order valence-corrected chi connectivity index (χ1v) is 6.73. The second kappa shape index (κ2) is 7.83. The van der Waals surface area contributed by atoms with Crippen LogP contribution in [0.2, 0.25) is 0 Å². The van der Waals surface area contributed by atoms with Crippen LogP contribution in [0.5, 0.6) is 5.75 Å². The van der Waals surface area contributed by atoms with E-state index < -0.39 is 0 Å². The van der Waals surface area contributed by atoms with Gasteiger partial charge in [-0.1, -0.05) is 31.4 Å². The molecule has 3 heteroatoms. The summed E-state index contributed by atoms with van der Waals surface area (Å²) in [6, 6.07) is 6.26. The third-order valence-electron chi connectivity index (χ3n) is 3.24. The highest BCUT2D eigenvalue weighted by atomic mass is 16.5. The number of hydrogen-bond acceptors (Lipinski definition) is 3. The molecule has 0 saturated heterocycles. The average molecular weight is 260 g/mol. The molecule has 0 fully saturated rings. The van der Waals surface area contributed by atoms with Gasteiger partial charge in [-0.3, -0.25) is 5.32 Å². The number of ether oxygens (including phenoxy) is 1. The lowest BCUT2D eigenvalue weighted by Gasteiger charge is -2.22. The highest BCUT2D eigenvalue weighted by molar-refractivity contribution is 5.37. The Morgan fingerprint density at radius 3 is 2.68 bits per heavy atom. The van der Waals surface area contributed by atoms with Crippen molar-refractivity contribution in [2.75, 3.05) is 13.7 Å². The lowest BCUT2D eigenvalue weighted by Crippen LogP contribution is -2.35. The van der Waals surface area contributed by atoms with Crippen molar-refractivity contribution >= 4 is 0 Å². The summed E-state index contributed by atoms with van der Waals surface area (Å²) in [5.74, 6) is 3.67. The second-order valence-corrected chi connectivity index (χ2v) is 4.69. The summed E-state index contributed by atoms with van der Waals surface area (Å²) in [6.45, 7) is 4.68. The molecule has 2 unspecified atom stereocenters. The van der Waals surface area contributed by atoms with Crippen molar-refractivity contribution in [1.29, 1.82) is 0 Å². The first-order valence-electron chi connectivity index (χ1n) is 6.73. The Morgan fingerprint density at radius 1 is 1.47 bits per heavy atom. The van der Waals surface area contributed by atoms with Crippen molar-refractivity contribution in [1.82, 2.24) is 5.32 Å². The predicted molar refractivity (Wildman–Crippen MR) is 80.2 cm³/mol. The molecule has 1 aromatic carbocycles. The molecular weight excluding hydrogens is 236 g/mol. The number of terminal acetylenes is 1. The molecule has 0 saturated carbocycles. The van der Waals surface area contributed by atoms with Crippen molar-refractivity contribution in [3.8, 4) is 18.1 Å². The molecule has 0 aliphatic heterocycles. The lowest BCUT2D eigenvalue weighted by atomic mass is 10.0. The van der Waals surface area contributed by atoms with E-state index >= 15 is 0 Å². The summed E-state index contributed by atoms with van der Waals surface area (Å²) in [6.07, 6.45) is 7.56. The van der Waals surface area contributed by atoms with Crippen LogP contribution >= 0.6 is 0 Å². The van der Waals surface area contributed by atoms with Crippen molar-refractivity contribution in [2.24, 2.45) is 5.73 Å². The fourth-order valence-electron chi connectivity index (χ4n) is 2.17. The van der Waals surface area contributed by atoms with Gasteiger partial charge in [0.15, 0.2) is 0 Å². The van der Waals surface area contributed by atoms with E-state index in [1.54, 1.807) is 7.11 Å². The van der Waals surface area contributed by atoms with Crippen LogP contribution in [0.4, 0.5) is 0 Å². The average Bonchev–Trinajstić information content (AvgIpc) is 2.43. The third kappa shape index (κ3) is 4.27. The molecule has 3 nitrogen and oxygen atoms in total. The molecule has 104 valence electrons. The molecule has 0 spiro atoms. The maximum atomic E-state index is 5.86. The monoisotopic (exact) mass is 260 g/mol. The Balaban J connectivity index is 2.85. The standard InChI is InChI=1S/C16H24N2O/c1-5-7-14(6-2)18-15(11-17)13-8-9-16(19-4)12(3)10-13/h2,8-10,14-15,18H,5,7,11,17H2,1,3-4H3. The Morgan fingerprint density at radius 2 is 2.21 bits per heavy atom. The number of aryl methyl sites for hydroxylation is 1. The van der Waals surface area contributed by atoms with Gasteiger partial charge in [-0.25, -0.2) is 0 Å². The zero-order chi connectivity index (χ0) is 14.3. The molecule has 0 aliphatic carbocycles. The largest absolute Gasteiger partial charge is 0.496 e. The number of nitrogens with two attached hydrogens (primary N) is 1. The molecule has 0 amide bonds. The van der Waals surface area contributed by atoms with Crippen LogP contribution < -0.4 is 15.8 Å². The van der Waals surface area contributed by atoms with Gasteiger partial charge in [0.25, 0.3) is 0 Å². The zero-order valence-corrected chi connectivity index (χ0v) is 12.1. The van der Waals surface area contributed by atoms with Crippen LogP contribution in [-0.4, -0.2) is 19.7 Å². The molecule has 0 radical (unpaired) electrons. The van der Waals surface area contributed by atoms with E-state index in [2.05, 4.69) is 24.2 Å². The molecule has 0 aliphatic rings. The van der Waals surface area contributed by atoms with Crippen molar-refractivity contribution in [3.63, 3.8) is 0 Å². The van der Waals surface area contributed by atoms with Crippen LogP contribution in [0.25, 0.3) is 0 Å². The van der Waals surface area contributed by atoms with Gasteiger partial charge < -0.3 is 10.5 Å². The van der Waals surface area contributed by atoms with Gasteiger partial charge in [0.05, 0.1) is 13.2 Å². The Hall–Kier alpha value is -1.50. The Kier molecular flexibility index (Phi) is 6.41. The summed E-state index contributed by atoms with van der Waals surface area (Å²) in [5.41, 5.74) is 8.12. The highest BCUT2D eigenvalue weighted by Gasteiger charge is 2.14. The van der Waals surface area contributed by atoms with Crippen LogP contribution in [0.15, 0.2) is 18.2 Å². The van der Waals surface area contributed by atoms with Crippen LogP contribution in [0.3, 0.4) is 0 Å². The van der Waals surface area contributed by atoms with E-state index in [-0.39, 0.29) is 12.1 Å². The van der Waals surface area contributed by atoms with Gasteiger partial charge in [0.1, 0.15) is 5.75 Å². The van der Waals surface area contributed by atoms with E-state index in [4.69, 9.17) is 16.9 Å². The van der Waals surface area contributed by atoms with Gasteiger partial charge >= 0.3 is 0 Å². The molecule has 0 heterocycles. The number of methoxy groups -OCH3 is 1. The molecule has 2 atom stereocenters. The SMILES string of the molecule is C#CC(CCC)NC(CN)c1ccc(OC)c(C)c1. The third-order valence-corrected chi connectivity index (χ3v) is 3.24. The predicted octanol–water partition coefficient (Wildman–Crippen LogP) is 2.39. The molecule has 1 aromatic rings. The first kappa shape index (κ1) is 15.6. The maximum absolute atomic E-state index is 5.86. The normalized spacial score (nSPS) is 13.6. The molecule has 1 rings (SSSR count). The van der Waals surface area contributed by atoms with Gasteiger partial charge in [-0.15, -0.1) is 6.42 Å². The minimum absolute atomic E-state index is 0.0703. The van der Waals surface area contributed by atoms with Gasteiger partial charge in [-0.05, 0) is 30.5 Å². The fourth-order valence-corrected chi connectivity index (χ4v) is 2.17. The van der Waals surface area contributed by atoms with Crippen LogP contribution in [-0.2, 0) is 0 Å². The maximum Gasteiger partial charge on any atom is 0.121 e. The van der Waals surface area contributed by atoms with E-state index in [1.165, 1.54) is 0 Å². The van der Waals surface area contributed by atoms with Crippen molar-refractivity contribution < 1.29 is 4.74 Å². The highest BCUT2D eigenvalue weighted by Crippen LogP contribution is 2.22. The topological polar surface area (TPSA) is 47.3 Å². The summed E-state index contributed by atoms with van der Waals surface area (Å²) >= 11 is 0. The van der Waals surface area contributed by atoms with Crippen LogP contribution in [0.1, 0.15) is 36.9 Å². The van der Waals surface area contributed by atoms with Crippen molar-refractivity contribution in [2.45, 2.75) is 38.8 Å². The summed E-state index contributed by atoms with van der Waals surface area (Å²) < 4.78 is 5.27. The second-order valence-electron chi connectivity index (χ2n) is 4.69. The van der Waals surface area contributed by atoms with E-state index in [0.29, 0.717) is 6.54 Å². The number of hydrogen-bond donors (Lipinski definition) is 2. The van der Waals surface area contributed by atoms with E-state index in [0.717, 1.165) is 29.7 Å². The lowest BCUT2D eigenvalue weighted by molar-refractivity contribution is 0.410. The minimum Gasteiger partial charge on any atom is -0.496 e. The van der Waals surface area contributed by atoms with Gasteiger partial charge in [0.2, 0.25) is 0 Å². The van der Waals surface area contributed by atoms with E-state index in [1.807, 2.05) is 19.1 Å². The van der Waals surface area contributed by atoms with Crippen molar-refractivity contribution in [3.05, 3.63) is 29.3 Å².